The van der Waals surface area contributed by atoms with E-state index in [1.807, 2.05) is 30.3 Å². The molecule has 9 nitrogen and oxygen atoms in total. The number of aromatic nitrogens is 1. The Hall–Kier alpha value is -3.60. The van der Waals surface area contributed by atoms with Crippen LogP contribution in [0.25, 0.3) is 10.2 Å². The number of carbonyl (C=O) groups is 1. The van der Waals surface area contributed by atoms with Gasteiger partial charge in [0.1, 0.15) is 0 Å². The van der Waals surface area contributed by atoms with E-state index < -0.39 is 26.0 Å². The Bertz CT molecular complexity index is 1820. The van der Waals surface area contributed by atoms with Gasteiger partial charge in [-0.25, -0.2) is 22.0 Å². The number of terminal acetylenes is 1. The van der Waals surface area contributed by atoms with Crippen LogP contribution >= 0.6 is 11.3 Å². The number of nitrogens with two attached hydrogens (primary N) is 1. The highest BCUT2D eigenvalue weighted by molar-refractivity contribution is 7.89. The molecule has 38 heavy (non-hydrogen) atoms. The lowest BCUT2D eigenvalue weighted by atomic mass is 10.2. The SMILES string of the molecule is C#CCn1c(=NC(=O)c2ccc(S(=O)(=O)N(CC)Cc3ccccc3)cc2)sc2cc(S(N)(=O)=O)ccc21. The van der Waals surface area contributed by atoms with Crippen LogP contribution in [0.3, 0.4) is 0 Å². The number of amides is 1. The van der Waals surface area contributed by atoms with E-state index in [0.717, 1.165) is 16.9 Å². The van der Waals surface area contributed by atoms with Crippen molar-refractivity contribution in [2.24, 2.45) is 10.1 Å². The monoisotopic (exact) mass is 568 g/mol. The van der Waals surface area contributed by atoms with Crippen molar-refractivity contribution in [2.45, 2.75) is 29.8 Å². The van der Waals surface area contributed by atoms with Crippen LogP contribution in [0.5, 0.6) is 0 Å². The van der Waals surface area contributed by atoms with Crippen LogP contribution < -0.4 is 9.94 Å². The fraction of sp³-hybridized carbons (Fsp3) is 0.154. The lowest BCUT2D eigenvalue weighted by Crippen LogP contribution is -2.30. The fourth-order valence-corrected chi connectivity index (χ4v) is 6.90. The molecule has 4 aromatic rings. The highest BCUT2D eigenvalue weighted by Gasteiger charge is 2.23. The fourth-order valence-electron chi connectivity index (χ4n) is 3.78. The van der Waals surface area contributed by atoms with Gasteiger partial charge in [0.25, 0.3) is 5.91 Å². The van der Waals surface area contributed by atoms with Gasteiger partial charge in [0, 0.05) is 18.7 Å². The lowest BCUT2D eigenvalue weighted by Gasteiger charge is -2.20. The second kappa shape index (κ2) is 11.0. The predicted molar refractivity (Wildman–Crippen MR) is 146 cm³/mol. The first-order valence-electron chi connectivity index (χ1n) is 11.4. The van der Waals surface area contributed by atoms with Gasteiger partial charge in [0.05, 0.1) is 26.6 Å². The van der Waals surface area contributed by atoms with Crippen molar-refractivity contribution in [3.05, 3.63) is 88.7 Å². The molecule has 0 aliphatic carbocycles. The minimum absolute atomic E-state index is 0.0617. The number of benzene rings is 3. The molecule has 12 heteroatoms. The zero-order valence-corrected chi connectivity index (χ0v) is 22.8. The third kappa shape index (κ3) is 5.77. The summed E-state index contributed by atoms with van der Waals surface area (Å²) in [5.74, 6) is 1.90. The first-order valence-corrected chi connectivity index (χ1v) is 15.2. The number of nitrogens with zero attached hydrogens (tertiary/aromatic N) is 3. The third-order valence-electron chi connectivity index (χ3n) is 5.72. The molecule has 4 rings (SSSR count). The topological polar surface area (TPSA) is 132 Å². The molecule has 0 radical (unpaired) electrons. The average Bonchev–Trinajstić information content (AvgIpc) is 3.23. The van der Waals surface area contributed by atoms with Gasteiger partial charge in [0.15, 0.2) is 4.80 Å². The second-order valence-corrected chi connectivity index (χ2v) is 12.7. The van der Waals surface area contributed by atoms with Gasteiger partial charge >= 0.3 is 0 Å². The zero-order chi connectivity index (χ0) is 27.5. The zero-order valence-electron chi connectivity index (χ0n) is 20.3. The summed E-state index contributed by atoms with van der Waals surface area (Å²) in [5.41, 5.74) is 1.65. The molecule has 0 aliphatic heterocycles. The molecule has 0 spiro atoms. The summed E-state index contributed by atoms with van der Waals surface area (Å²) in [7, 11) is -7.70. The summed E-state index contributed by atoms with van der Waals surface area (Å²) in [5, 5.41) is 5.23. The Morgan fingerprint density at radius 1 is 1.03 bits per heavy atom. The number of fused-ring (bicyclic) bond motifs is 1. The molecule has 1 aromatic heterocycles. The van der Waals surface area contributed by atoms with E-state index in [0.29, 0.717) is 10.2 Å². The molecule has 0 atom stereocenters. The van der Waals surface area contributed by atoms with Crippen LogP contribution in [0.1, 0.15) is 22.8 Å². The Labute approximate surface area is 225 Å². The molecule has 0 saturated carbocycles. The molecule has 3 aromatic carbocycles. The van der Waals surface area contributed by atoms with Gasteiger partial charge in [-0.2, -0.15) is 9.30 Å². The number of hydrogen-bond acceptors (Lipinski definition) is 6. The van der Waals surface area contributed by atoms with Crippen molar-refractivity contribution >= 4 is 47.5 Å². The van der Waals surface area contributed by atoms with Gasteiger partial charge in [-0.05, 0) is 48.0 Å². The maximum absolute atomic E-state index is 13.2. The van der Waals surface area contributed by atoms with Crippen LogP contribution in [0.4, 0.5) is 0 Å². The Morgan fingerprint density at radius 2 is 1.68 bits per heavy atom. The quantitative estimate of drug-likeness (QED) is 0.327. The van der Waals surface area contributed by atoms with Crippen molar-refractivity contribution in [3.8, 4) is 12.3 Å². The first kappa shape index (κ1) is 27.4. The normalized spacial score (nSPS) is 12.6. The Kier molecular flexibility index (Phi) is 7.96. The Morgan fingerprint density at radius 3 is 2.29 bits per heavy atom. The molecule has 0 fully saturated rings. The lowest BCUT2D eigenvalue weighted by molar-refractivity contribution is 0.0997. The number of primary sulfonamides is 1. The van der Waals surface area contributed by atoms with E-state index in [1.54, 1.807) is 17.6 Å². The predicted octanol–water partition coefficient (Wildman–Crippen LogP) is 2.94. The standard InChI is InChI=1S/C26H24N4O5S3/c1-3-16-30-23-15-14-22(37(27,32)33)17-24(23)36-26(30)28-25(31)20-10-12-21(13-11-20)38(34,35)29(4-2)18-19-8-6-5-7-9-19/h1,5-15,17H,4,16,18H2,2H3,(H2,27,32,33). The molecule has 1 amide bonds. The van der Waals surface area contributed by atoms with E-state index in [9.17, 15) is 21.6 Å². The van der Waals surface area contributed by atoms with Gasteiger partial charge in [0.2, 0.25) is 20.0 Å². The maximum atomic E-state index is 13.2. The average molecular weight is 569 g/mol. The largest absolute Gasteiger partial charge is 0.305 e. The molecule has 0 bridgehead atoms. The van der Waals surface area contributed by atoms with Crippen molar-refractivity contribution in [3.63, 3.8) is 0 Å². The molecular weight excluding hydrogens is 545 g/mol. The van der Waals surface area contributed by atoms with E-state index >= 15 is 0 Å². The molecule has 0 unspecified atom stereocenters. The minimum atomic E-state index is -3.91. The second-order valence-electron chi connectivity index (χ2n) is 8.21. The molecule has 2 N–H and O–H groups in total. The van der Waals surface area contributed by atoms with E-state index in [-0.39, 0.29) is 39.8 Å². The molecule has 0 aliphatic rings. The summed E-state index contributed by atoms with van der Waals surface area (Å²) < 4.78 is 53.4. The van der Waals surface area contributed by atoms with E-state index in [1.165, 1.54) is 40.7 Å². The van der Waals surface area contributed by atoms with Crippen LogP contribution in [-0.2, 0) is 33.1 Å². The molecule has 0 saturated heterocycles. The first-order chi connectivity index (χ1) is 18.0. The summed E-state index contributed by atoms with van der Waals surface area (Å²) in [6.45, 7) is 2.37. The van der Waals surface area contributed by atoms with Crippen molar-refractivity contribution in [1.82, 2.24) is 8.87 Å². The third-order valence-corrected chi connectivity index (χ3v) is 9.61. The van der Waals surface area contributed by atoms with Gasteiger partial charge in [-0.3, -0.25) is 4.79 Å². The maximum Gasteiger partial charge on any atom is 0.279 e. The number of thiazole rings is 1. The van der Waals surface area contributed by atoms with Crippen LogP contribution in [0.2, 0.25) is 0 Å². The molecular formula is C26H24N4O5S3. The van der Waals surface area contributed by atoms with Crippen molar-refractivity contribution in [1.29, 1.82) is 0 Å². The number of carbonyl (C=O) groups excluding carboxylic acids is 1. The van der Waals surface area contributed by atoms with Gasteiger partial charge in [-0.1, -0.05) is 54.5 Å². The molecule has 1 heterocycles. The van der Waals surface area contributed by atoms with E-state index in [4.69, 9.17) is 11.6 Å². The van der Waals surface area contributed by atoms with Crippen LogP contribution in [-0.4, -0.2) is 38.2 Å². The number of sulfonamides is 2. The molecule has 196 valence electrons. The smallest absolute Gasteiger partial charge is 0.279 e. The highest BCUT2D eigenvalue weighted by Crippen LogP contribution is 2.22. The minimum Gasteiger partial charge on any atom is -0.305 e. The van der Waals surface area contributed by atoms with Crippen molar-refractivity contribution < 1.29 is 21.6 Å². The van der Waals surface area contributed by atoms with Crippen LogP contribution in [0, 0.1) is 12.3 Å². The van der Waals surface area contributed by atoms with Crippen molar-refractivity contribution in [2.75, 3.05) is 6.54 Å². The Balaban J connectivity index is 1.65. The summed E-state index contributed by atoms with van der Waals surface area (Å²) in [6, 6.07) is 19.2. The summed E-state index contributed by atoms with van der Waals surface area (Å²) in [6.07, 6.45) is 5.49. The van der Waals surface area contributed by atoms with Gasteiger partial charge in [-0.15, -0.1) is 6.42 Å². The van der Waals surface area contributed by atoms with Crippen LogP contribution in [0.15, 0.2) is 87.6 Å². The van der Waals surface area contributed by atoms with E-state index in [2.05, 4.69) is 10.9 Å². The number of hydrogen-bond donors (Lipinski definition) is 1. The van der Waals surface area contributed by atoms with Gasteiger partial charge < -0.3 is 4.57 Å². The summed E-state index contributed by atoms with van der Waals surface area (Å²) >= 11 is 1.09. The summed E-state index contributed by atoms with van der Waals surface area (Å²) in [4.78, 5) is 17.4. The number of rotatable bonds is 8. The highest BCUT2D eigenvalue weighted by atomic mass is 32.2.